The van der Waals surface area contributed by atoms with Crippen LogP contribution in [0.4, 0.5) is 18.9 Å². The third kappa shape index (κ3) is 5.03. The summed E-state index contributed by atoms with van der Waals surface area (Å²) in [5.41, 5.74) is 6.03. The van der Waals surface area contributed by atoms with Crippen LogP contribution in [0.5, 0.6) is 11.5 Å². The number of aliphatic imine (C=N–C) groups is 1. The number of nitrogens with one attached hydrogen (secondary N) is 1. The zero-order valence-corrected chi connectivity index (χ0v) is 13.7. The number of nitrogens with two attached hydrogens (primary N) is 1. The van der Waals surface area contributed by atoms with E-state index < -0.39 is 11.7 Å². The van der Waals surface area contributed by atoms with Gasteiger partial charge in [0, 0.05) is 6.07 Å². The van der Waals surface area contributed by atoms with E-state index in [1.165, 1.54) is 20.3 Å². The highest BCUT2D eigenvalue weighted by molar-refractivity contribution is 5.94. The van der Waals surface area contributed by atoms with Gasteiger partial charge in [-0.25, -0.2) is 4.99 Å². The predicted octanol–water partition coefficient (Wildman–Crippen LogP) is 3.65. The van der Waals surface area contributed by atoms with E-state index in [-0.39, 0.29) is 12.5 Å². The molecule has 0 unspecified atom stereocenters. The summed E-state index contributed by atoms with van der Waals surface area (Å²) in [6.07, 6.45) is -4.39. The Bertz CT molecular complexity index is 761. The van der Waals surface area contributed by atoms with Crippen LogP contribution in [0.25, 0.3) is 0 Å². The third-order valence-electron chi connectivity index (χ3n) is 3.36. The van der Waals surface area contributed by atoms with E-state index >= 15 is 0 Å². The number of benzene rings is 2. The summed E-state index contributed by atoms with van der Waals surface area (Å²) in [7, 11) is 3.03. The second kappa shape index (κ2) is 7.78. The van der Waals surface area contributed by atoms with Gasteiger partial charge in [0.05, 0.1) is 32.0 Å². The molecule has 0 atom stereocenters. The fraction of sp³-hybridized carbons (Fsp3) is 0.235. The van der Waals surface area contributed by atoms with Gasteiger partial charge in [0.25, 0.3) is 0 Å². The topological polar surface area (TPSA) is 68.9 Å². The largest absolute Gasteiger partial charge is 0.497 e. The van der Waals surface area contributed by atoms with Crippen LogP contribution >= 0.6 is 0 Å². The normalized spacial score (nSPS) is 12.0. The van der Waals surface area contributed by atoms with Crippen molar-refractivity contribution in [3.8, 4) is 11.5 Å². The van der Waals surface area contributed by atoms with Gasteiger partial charge in [-0.3, -0.25) is 0 Å². The number of rotatable bonds is 5. The smallest absolute Gasteiger partial charge is 0.416 e. The van der Waals surface area contributed by atoms with Gasteiger partial charge < -0.3 is 20.5 Å². The molecule has 0 aromatic heterocycles. The minimum absolute atomic E-state index is 0.00897. The van der Waals surface area contributed by atoms with Gasteiger partial charge in [0.15, 0.2) is 5.96 Å². The second-order valence-corrected chi connectivity index (χ2v) is 5.09. The summed E-state index contributed by atoms with van der Waals surface area (Å²) in [4.78, 5) is 4.06. The first kappa shape index (κ1) is 18.4. The Balaban J connectivity index is 2.13. The molecule has 0 fully saturated rings. The van der Waals surface area contributed by atoms with Crippen molar-refractivity contribution in [2.24, 2.45) is 10.7 Å². The van der Waals surface area contributed by atoms with Crippen molar-refractivity contribution < 1.29 is 22.6 Å². The van der Waals surface area contributed by atoms with Crippen molar-refractivity contribution >= 4 is 11.6 Å². The molecule has 3 N–H and O–H groups in total. The van der Waals surface area contributed by atoms with Gasteiger partial charge in [-0.1, -0.05) is 12.1 Å². The Kier molecular flexibility index (Phi) is 5.74. The average Bonchev–Trinajstić information content (AvgIpc) is 2.59. The maximum atomic E-state index is 12.7. The Labute approximate surface area is 143 Å². The van der Waals surface area contributed by atoms with E-state index in [0.717, 1.165) is 12.1 Å². The molecule has 0 amide bonds. The van der Waals surface area contributed by atoms with Gasteiger partial charge in [-0.15, -0.1) is 0 Å². The first-order valence-corrected chi connectivity index (χ1v) is 7.28. The number of hydrogen-bond acceptors (Lipinski definition) is 3. The van der Waals surface area contributed by atoms with Crippen molar-refractivity contribution in [3.05, 3.63) is 53.6 Å². The van der Waals surface area contributed by atoms with Gasteiger partial charge in [-0.2, -0.15) is 13.2 Å². The molecule has 0 radical (unpaired) electrons. The minimum atomic E-state index is -4.39. The molecule has 0 aliphatic carbocycles. The zero-order valence-electron chi connectivity index (χ0n) is 13.7. The summed E-state index contributed by atoms with van der Waals surface area (Å²) in [5.74, 6) is 1.16. The molecule has 2 aromatic carbocycles. The lowest BCUT2D eigenvalue weighted by Crippen LogP contribution is -2.23. The summed E-state index contributed by atoms with van der Waals surface area (Å²) < 4.78 is 48.5. The average molecular weight is 353 g/mol. The van der Waals surface area contributed by atoms with Crippen LogP contribution in [-0.4, -0.2) is 20.2 Å². The lowest BCUT2D eigenvalue weighted by molar-refractivity contribution is -0.137. The first-order chi connectivity index (χ1) is 11.8. The van der Waals surface area contributed by atoms with E-state index in [4.69, 9.17) is 15.2 Å². The standard InChI is InChI=1S/C17H18F3N3O2/c1-24-13-6-7-15(25-2)14(9-13)23-16(21)22-10-11-4-3-5-12(8-11)17(18,19)20/h3-9H,10H2,1-2H3,(H3,21,22,23). The summed E-state index contributed by atoms with van der Waals surface area (Å²) >= 11 is 0. The molecule has 0 heterocycles. The highest BCUT2D eigenvalue weighted by Crippen LogP contribution is 2.30. The van der Waals surface area contributed by atoms with Crippen molar-refractivity contribution in [1.29, 1.82) is 0 Å². The monoisotopic (exact) mass is 353 g/mol. The molecule has 5 nitrogen and oxygen atoms in total. The number of alkyl halides is 3. The number of anilines is 1. The minimum Gasteiger partial charge on any atom is -0.497 e. The highest BCUT2D eigenvalue weighted by atomic mass is 19.4. The quantitative estimate of drug-likeness (QED) is 0.636. The van der Waals surface area contributed by atoms with E-state index in [1.54, 1.807) is 24.3 Å². The van der Waals surface area contributed by atoms with E-state index in [2.05, 4.69) is 10.3 Å². The van der Waals surface area contributed by atoms with Crippen LogP contribution in [0.2, 0.25) is 0 Å². The van der Waals surface area contributed by atoms with Gasteiger partial charge in [0.2, 0.25) is 0 Å². The van der Waals surface area contributed by atoms with Gasteiger partial charge >= 0.3 is 6.18 Å². The number of methoxy groups -OCH3 is 2. The highest BCUT2D eigenvalue weighted by Gasteiger charge is 2.30. The van der Waals surface area contributed by atoms with Crippen molar-refractivity contribution in [2.45, 2.75) is 12.7 Å². The molecule has 134 valence electrons. The molecule has 25 heavy (non-hydrogen) atoms. The fourth-order valence-electron chi connectivity index (χ4n) is 2.11. The van der Waals surface area contributed by atoms with Crippen LogP contribution in [0.15, 0.2) is 47.5 Å². The molecule has 0 saturated carbocycles. The maximum Gasteiger partial charge on any atom is 0.416 e. The molecule has 0 saturated heterocycles. The maximum absolute atomic E-state index is 12.7. The Morgan fingerprint density at radius 1 is 1.12 bits per heavy atom. The predicted molar refractivity (Wildman–Crippen MR) is 89.9 cm³/mol. The summed E-state index contributed by atoms with van der Waals surface area (Å²) in [5, 5.41) is 2.85. The van der Waals surface area contributed by atoms with Crippen LogP contribution in [0.3, 0.4) is 0 Å². The lowest BCUT2D eigenvalue weighted by Gasteiger charge is -2.12. The first-order valence-electron chi connectivity index (χ1n) is 7.28. The Morgan fingerprint density at radius 2 is 1.88 bits per heavy atom. The molecule has 0 bridgehead atoms. The molecule has 0 aliphatic heterocycles. The zero-order chi connectivity index (χ0) is 18.4. The molecule has 0 aliphatic rings. The number of halogens is 3. The van der Waals surface area contributed by atoms with Gasteiger partial charge in [0.1, 0.15) is 11.5 Å². The van der Waals surface area contributed by atoms with Crippen LogP contribution in [0.1, 0.15) is 11.1 Å². The molecule has 2 rings (SSSR count). The van der Waals surface area contributed by atoms with Gasteiger partial charge in [-0.05, 0) is 29.8 Å². The number of guanidine groups is 1. The van der Waals surface area contributed by atoms with Crippen molar-refractivity contribution in [2.75, 3.05) is 19.5 Å². The molecular weight excluding hydrogens is 335 g/mol. The number of hydrogen-bond donors (Lipinski definition) is 2. The van der Waals surface area contributed by atoms with Crippen LogP contribution < -0.4 is 20.5 Å². The molecule has 8 heteroatoms. The third-order valence-corrected chi connectivity index (χ3v) is 3.36. The second-order valence-electron chi connectivity index (χ2n) is 5.09. The summed E-state index contributed by atoms with van der Waals surface area (Å²) in [6, 6.07) is 10.0. The Hall–Kier alpha value is -2.90. The van der Waals surface area contributed by atoms with Crippen LogP contribution in [-0.2, 0) is 12.7 Å². The number of nitrogens with zero attached hydrogens (tertiary/aromatic N) is 1. The van der Waals surface area contributed by atoms with E-state index in [0.29, 0.717) is 22.7 Å². The Morgan fingerprint density at radius 3 is 2.52 bits per heavy atom. The van der Waals surface area contributed by atoms with Crippen molar-refractivity contribution in [3.63, 3.8) is 0 Å². The molecule has 0 spiro atoms. The SMILES string of the molecule is COc1ccc(OC)c(NC(N)=NCc2cccc(C(F)(F)F)c2)c1. The lowest BCUT2D eigenvalue weighted by atomic mass is 10.1. The summed E-state index contributed by atoms with van der Waals surface area (Å²) in [6.45, 7) is 0.00897. The van der Waals surface area contributed by atoms with Crippen LogP contribution in [0, 0.1) is 0 Å². The van der Waals surface area contributed by atoms with E-state index in [1.807, 2.05) is 0 Å². The number of ether oxygens (including phenoxy) is 2. The molecular formula is C17H18F3N3O2. The van der Waals surface area contributed by atoms with Crippen molar-refractivity contribution in [1.82, 2.24) is 0 Å². The fourth-order valence-corrected chi connectivity index (χ4v) is 2.11. The van der Waals surface area contributed by atoms with E-state index in [9.17, 15) is 13.2 Å². The molecule has 2 aromatic rings.